The van der Waals surface area contributed by atoms with Crippen molar-refractivity contribution in [1.82, 2.24) is 19.2 Å². The molecule has 2 N–H and O–H groups in total. The van der Waals surface area contributed by atoms with Gasteiger partial charge >= 0.3 is 0 Å². The largest absolute Gasteiger partial charge is 0.317 e. The van der Waals surface area contributed by atoms with Gasteiger partial charge in [0.05, 0.1) is 0 Å². The third kappa shape index (κ3) is 4.89. The number of rotatable bonds is 9. The SMILES string of the molecule is CCCNCCCN(C)S(=O)(=O)NC1CN2CCC1CC2. The fraction of sp³-hybridized carbons (Fsp3) is 1.00. The Balaban J connectivity index is 1.75. The molecule has 0 spiro atoms. The van der Waals surface area contributed by atoms with Gasteiger partial charge in [0.25, 0.3) is 10.2 Å². The van der Waals surface area contributed by atoms with Crippen LogP contribution < -0.4 is 10.0 Å². The second-order valence-electron chi connectivity index (χ2n) is 6.29. The van der Waals surface area contributed by atoms with Crippen LogP contribution in [0.25, 0.3) is 0 Å². The molecule has 3 rings (SSSR count). The molecular weight excluding hydrogens is 288 g/mol. The van der Waals surface area contributed by atoms with Gasteiger partial charge in [-0.05, 0) is 57.8 Å². The summed E-state index contributed by atoms with van der Waals surface area (Å²) in [7, 11) is -1.68. The monoisotopic (exact) mass is 318 g/mol. The first-order chi connectivity index (χ1) is 10.0. The van der Waals surface area contributed by atoms with Gasteiger partial charge in [-0.3, -0.25) is 0 Å². The normalized spacial score (nSPS) is 29.2. The number of nitrogens with zero attached hydrogens (tertiary/aromatic N) is 2. The molecule has 0 aliphatic carbocycles. The summed E-state index contributed by atoms with van der Waals surface area (Å²) >= 11 is 0. The summed E-state index contributed by atoms with van der Waals surface area (Å²) in [5, 5.41) is 3.30. The molecule has 21 heavy (non-hydrogen) atoms. The van der Waals surface area contributed by atoms with Gasteiger partial charge in [-0.2, -0.15) is 17.4 Å². The molecule has 6 nitrogen and oxygen atoms in total. The number of piperidine rings is 3. The lowest BCUT2D eigenvalue weighted by Gasteiger charge is -2.45. The first-order valence-electron chi connectivity index (χ1n) is 8.19. The van der Waals surface area contributed by atoms with Crippen molar-refractivity contribution >= 4 is 10.2 Å². The molecular formula is C14H30N4O2S. The molecule has 3 heterocycles. The van der Waals surface area contributed by atoms with Crippen LogP contribution in [0.15, 0.2) is 0 Å². The van der Waals surface area contributed by atoms with Gasteiger partial charge in [-0.15, -0.1) is 0 Å². The van der Waals surface area contributed by atoms with E-state index < -0.39 is 10.2 Å². The maximum Gasteiger partial charge on any atom is 0.279 e. The summed E-state index contributed by atoms with van der Waals surface area (Å²) in [4.78, 5) is 2.36. The van der Waals surface area contributed by atoms with Gasteiger partial charge in [0.15, 0.2) is 0 Å². The Morgan fingerprint density at radius 3 is 2.52 bits per heavy atom. The maximum absolute atomic E-state index is 12.4. The number of nitrogens with one attached hydrogen (secondary N) is 2. The summed E-state index contributed by atoms with van der Waals surface area (Å²) in [5.41, 5.74) is 0. The van der Waals surface area contributed by atoms with Crippen molar-refractivity contribution in [1.29, 1.82) is 0 Å². The van der Waals surface area contributed by atoms with E-state index in [0.717, 1.165) is 58.4 Å². The highest BCUT2D eigenvalue weighted by Crippen LogP contribution is 2.27. The van der Waals surface area contributed by atoms with Crippen molar-refractivity contribution in [3.63, 3.8) is 0 Å². The van der Waals surface area contributed by atoms with Crippen LogP contribution in [0.4, 0.5) is 0 Å². The molecule has 0 saturated carbocycles. The maximum atomic E-state index is 12.4. The zero-order valence-corrected chi connectivity index (χ0v) is 14.2. The van der Waals surface area contributed by atoms with Crippen LogP contribution in [-0.4, -0.2) is 70.0 Å². The molecule has 7 heteroatoms. The van der Waals surface area contributed by atoms with E-state index in [1.165, 1.54) is 4.31 Å². The van der Waals surface area contributed by atoms with Crippen LogP contribution in [0, 0.1) is 5.92 Å². The van der Waals surface area contributed by atoms with E-state index in [-0.39, 0.29) is 6.04 Å². The molecule has 0 aromatic rings. The number of hydrogen-bond acceptors (Lipinski definition) is 4. The van der Waals surface area contributed by atoms with Crippen LogP contribution in [0.1, 0.15) is 32.6 Å². The molecule has 3 saturated heterocycles. The lowest BCUT2D eigenvalue weighted by molar-refractivity contribution is 0.0820. The van der Waals surface area contributed by atoms with Gasteiger partial charge < -0.3 is 10.2 Å². The summed E-state index contributed by atoms with van der Waals surface area (Å²) in [6.07, 6.45) is 4.20. The average molecular weight is 318 g/mol. The van der Waals surface area contributed by atoms with E-state index in [0.29, 0.717) is 12.5 Å². The summed E-state index contributed by atoms with van der Waals surface area (Å²) in [6, 6.07) is 0.0955. The van der Waals surface area contributed by atoms with Crippen molar-refractivity contribution in [2.75, 3.05) is 46.3 Å². The van der Waals surface area contributed by atoms with Crippen molar-refractivity contribution in [3.05, 3.63) is 0 Å². The van der Waals surface area contributed by atoms with Gasteiger partial charge in [-0.25, -0.2) is 0 Å². The quantitative estimate of drug-likeness (QED) is 0.598. The molecule has 3 aliphatic rings. The van der Waals surface area contributed by atoms with Crippen LogP contribution >= 0.6 is 0 Å². The Bertz CT molecular complexity index is 407. The van der Waals surface area contributed by atoms with Crippen molar-refractivity contribution in [2.24, 2.45) is 5.92 Å². The molecule has 3 aliphatic heterocycles. The fourth-order valence-electron chi connectivity index (χ4n) is 3.23. The van der Waals surface area contributed by atoms with Crippen LogP contribution in [0.5, 0.6) is 0 Å². The van der Waals surface area contributed by atoms with Gasteiger partial charge in [-0.1, -0.05) is 6.92 Å². The Morgan fingerprint density at radius 2 is 1.95 bits per heavy atom. The van der Waals surface area contributed by atoms with E-state index in [1.54, 1.807) is 7.05 Å². The van der Waals surface area contributed by atoms with Gasteiger partial charge in [0.2, 0.25) is 0 Å². The molecule has 2 bridgehead atoms. The summed E-state index contributed by atoms with van der Waals surface area (Å²) < 4.78 is 29.1. The Hall–Kier alpha value is -0.210. The zero-order chi connectivity index (χ0) is 15.3. The predicted octanol–water partition coefficient (Wildman–Crippen LogP) is 0.237. The Kier molecular flexibility index (Phi) is 6.43. The molecule has 0 radical (unpaired) electrons. The minimum absolute atomic E-state index is 0.0955. The minimum atomic E-state index is -3.35. The second kappa shape index (κ2) is 7.87. The predicted molar refractivity (Wildman–Crippen MR) is 85.4 cm³/mol. The molecule has 1 unspecified atom stereocenters. The number of fused-ring (bicyclic) bond motifs is 3. The highest BCUT2D eigenvalue weighted by atomic mass is 32.2. The lowest BCUT2D eigenvalue weighted by Crippen LogP contribution is -2.58. The molecule has 1 atom stereocenters. The summed E-state index contributed by atoms with van der Waals surface area (Å²) in [5.74, 6) is 0.518. The standard InChI is InChI=1S/C14H30N4O2S/c1-3-7-15-8-4-9-17(2)21(19,20)16-14-12-18-10-5-13(14)6-11-18/h13-16H,3-12H2,1-2H3. The summed E-state index contributed by atoms with van der Waals surface area (Å²) in [6.45, 7) is 7.68. The topological polar surface area (TPSA) is 64.7 Å². The molecule has 0 aromatic heterocycles. The first kappa shape index (κ1) is 17.1. The van der Waals surface area contributed by atoms with Gasteiger partial charge in [0, 0.05) is 26.2 Å². The van der Waals surface area contributed by atoms with E-state index in [2.05, 4.69) is 21.9 Å². The molecule has 124 valence electrons. The average Bonchev–Trinajstić information content (AvgIpc) is 2.47. The van der Waals surface area contributed by atoms with Crippen molar-refractivity contribution in [3.8, 4) is 0 Å². The third-order valence-corrected chi connectivity index (χ3v) is 6.22. The van der Waals surface area contributed by atoms with Crippen LogP contribution in [-0.2, 0) is 10.2 Å². The highest BCUT2D eigenvalue weighted by molar-refractivity contribution is 7.87. The zero-order valence-electron chi connectivity index (χ0n) is 13.3. The smallest absolute Gasteiger partial charge is 0.279 e. The van der Waals surface area contributed by atoms with Crippen molar-refractivity contribution < 1.29 is 8.42 Å². The molecule has 3 fully saturated rings. The molecule has 0 amide bonds. The first-order valence-corrected chi connectivity index (χ1v) is 9.63. The van der Waals surface area contributed by atoms with Crippen molar-refractivity contribution in [2.45, 2.75) is 38.6 Å². The second-order valence-corrected chi connectivity index (χ2v) is 8.10. The molecule has 0 aromatic carbocycles. The van der Waals surface area contributed by atoms with E-state index in [9.17, 15) is 8.42 Å². The van der Waals surface area contributed by atoms with Crippen LogP contribution in [0.3, 0.4) is 0 Å². The van der Waals surface area contributed by atoms with E-state index >= 15 is 0 Å². The Morgan fingerprint density at radius 1 is 1.24 bits per heavy atom. The van der Waals surface area contributed by atoms with Gasteiger partial charge in [0.1, 0.15) is 0 Å². The van der Waals surface area contributed by atoms with E-state index in [4.69, 9.17) is 0 Å². The van der Waals surface area contributed by atoms with Crippen LogP contribution in [0.2, 0.25) is 0 Å². The minimum Gasteiger partial charge on any atom is -0.317 e. The fourth-order valence-corrected chi connectivity index (χ4v) is 4.43. The Labute approximate surface area is 129 Å². The highest BCUT2D eigenvalue weighted by Gasteiger charge is 2.36. The lowest BCUT2D eigenvalue weighted by atomic mass is 9.85. The number of hydrogen-bond donors (Lipinski definition) is 2. The third-order valence-electron chi connectivity index (χ3n) is 4.62. The van der Waals surface area contributed by atoms with E-state index in [1.807, 2.05) is 0 Å².